The molecule has 1 unspecified atom stereocenters. The van der Waals surface area contributed by atoms with Crippen LogP contribution in [-0.4, -0.2) is 35.9 Å². The predicted octanol–water partition coefficient (Wildman–Crippen LogP) is 2.10. The van der Waals surface area contributed by atoms with Crippen molar-refractivity contribution in [2.24, 2.45) is 5.92 Å². The minimum atomic E-state index is -1.34. The second-order valence-electron chi connectivity index (χ2n) is 5.15. The van der Waals surface area contributed by atoms with Gasteiger partial charge >= 0.3 is 0 Å². The lowest BCUT2D eigenvalue weighted by atomic mass is 10.0. The Kier molecular flexibility index (Phi) is 8.16. The van der Waals surface area contributed by atoms with Gasteiger partial charge in [0.25, 0.3) is 0 Å². The van der Waals surface area contributed by atoms with E-state index in [9.17, 15) is 9.59 Å². The van der Waals surface area contributed by atoms with E-state index < -0.39 is 17.6 Å². The van der Waals surface area contributed by atoms with Gasteiger partial charge < -0.3 is 10.1 Å². The average Bonchev–Trinajstić information content (AvgIpc) is 2.91. The monoisotopic (exact) mass is 335 g/mol. The number of amides is 1. The third-order valence-corrected chi connectivity index (χ3v) is 3.59. The molecule has 1 N–H and O–H groups in total. The van der Waals surface area contributed by atoms with Gasteiger partial charge in [-0.3, -0.25) is 9.59 Å². The van der Waals surface area contributed by atoms with Crippen LogP contribution >= 0.6 is 11.3 Å². The van der Waals surface area contributed by atoms with Crippen LogP contribution in [0.15, 0.2) is 11.5 Å². The van der Waals surface area contributed by atoms with Crippen LogP contribution in [0.25, 0.3) is 6.08 Å². The molecule has 0 saturated heterocycles. The number of aryl methyl sites for hydroxylation is 1. The number of nitriles is 1. The summed E-state index contributed by atoms with van der Waals surface area (Å²) in [6, 6.07) is 1.74. The quantitative estimate of drug-likeness (QED) is 0.424. The SMILES string of the molecule is Cc1nc(/C=C/C(=O)C(C#N)C(=O)NCCCOC(C)C)cs1. The Morgan fingerprint density at radius 3 is 2.83 bits per heavy atom. The molecule has 1 atom stereocenters. The molecule has 0 aliphatic rings. The van der Waals surface area contributed by atoms with Crippen molar-refractivity contribution in [3.8, 4) is 6.07 Å². The van der Waals surface area contributed by atoms with Gasteiger partial charge in [-0.25, -0.2) is 4.98 Å². The summed E-state index contributed by atoms with van der Waals surface area (Å²) in [6.07, 6.45) is 3.51. The maximum atomic E-state index is 12.0. The van der Waals surface area contributed by atoms with Crippen LogP contribution < -0.4 is 5.32 Å². The molecule has 1 aromatic heterocycles. The molecule has 7 heteroatoms. The molecule has 1 heterocycles. The lowest BCUT2D eigenvalue weighted by Gasteiger charge is -2.09. The highest BCUT2D eigenvalue weighted by Gasteiger charge is 2.23. The number of allylic oxidation sites excluding steroid dienone is 1. The highest BCUT2D eigenvalue weighted by molar-refractivity contribution is 7.09. The van der Waals surface area contributed by atoms with E-state index in [1.54, 1.807) is 11.4 Å². The third kappa shape index (κ3) is 7.17. The number of hydrogen-bond acceptors (Lipinski definition) is 6. The fraction of sp³-hybridized carbons (Fsp3) is 0.500. The van der Waals surface area contributed by atoms with Gasteiger partial charge in [-0.05, 0) is 39.3 Å². The first-order valence-electron chi connectivity index (χ1n) is 7.37. The van der Waals surface area contributed by atoms with E-state index in [0.29, 0.717) is 25.3 Å². The normalized spacial score (nSPS) is 12.3. The van der Waals surface area contributed by atoms with E-state index in [4.69, 9.17) is 10.00 Å². The lowest BCUT2D eigenvalue weighted by molar-refractivity contribution is -0.129. The molecular weight excluding hydrogens is 314 g/mol. The highest BCUT2D eigenvalue weighted by atomic mass is 32.1. The number of ketones is 1. The summed E-state index contributed by atoms with van der Waals surface area (Å²) >= 11 is 1.46. The first-order chi connectivity index (χ1) is 10.9. The summed E-state index contributed by atoms with van der Waals surface area (Å²) in [5, 5.41) is 14.3. The van der Waals surface area contributed by atoms with Crippen LogP contribution in [0.2, 0.25) is 0 Å². The number of aromatic nitrogens is 1. The van der Waals surface area contributed by atoms with Gasteiger partial charge in [0, 0.05) is 18.5 Å². The molecule has 0 saturated carbocycles. The first-order valence-corrected chi connectivity index (χ1v) is 8.25. The predicted molar refractivity (Wildman–Crippen MR) is 88.7 cm³/mol. The minimum absolute atomic E-state index is 0.138. The van der Waals surface area contributed by atoms with E-state index in [0.717, 1.165) is 5.01 Å². The number of nitrogens with zero attached hydrogens (tertiary/aromatic N) is 2. The van der Waals surface area contributed by atoms with Gasteiger partial charge in [-0.15, -0.1) is 11.3 Å². The fourth-order valence-corrected chi connectivity index (χ4v) is 2.26. The summed E-state index contributed by atoms with van der Waals surface area (Å²) in [5.41, 5.74) is 0.642. The Balaban J connectivity index is 2.45. The third-order valence-electron chi connectivity index (χ3n) is 2.80. The number of rotatable bonds is 9. The molecule has 0 aromatic carbocycles. The fourth-order valence-electron chi connectivity index (χ4n) is 1.68. The molecular formula is C16H21N3O3S. The van der Waals surface area contributed by atoms with E-state index in [1.807, 2.05) is 20.8 Å². The number of ether oxygens (including phenoxy) is 1. The Bertz CT molecular complexity index is 602. The average molecular weight is 335 g/mol. The summed E-state index contributed by atoms with van der Waals surface area (Å²) in [7, 11) is 0. The Labute approximate surface area is 140 Å². The lowest BCUT2D eigenvalue weighted by Crippen LogP contribution is -2.35. The van der Waals surface area contributed by atoms with Crippen LogP contribution in [0.3, 0.4) is 0 Å². The first kappa shape index (κ1) is 19.0. The Hall–Kier alpha value is -2.04. The standard InChI is InChI=1S/C16H21N3O3S/c1-11(2)22-8-4-7-18-16(21)14(9-17)15(20)6-5-13-10-23-12(3)19-13/h5-6,10-11,14H,4,7-8H2,1-3H3,(H,18,21)/b6-5+. The van der Waals surface area contributed by atoms with Gasteiger partial charge in [0.05, 0.1) is 22.9 Å². The van der Waals surface area contributed by atoms with E-state index >= 15 is 0 Å². The highest BCUT2D eigenvalue weighted by Crippen LogP contribution is 2.10. The van der Waals surface area contributed by atoms with E-state index in [1.165, 1.54) is 23.5 Å². The Morgan fingerprint density at radius 2 is 2.26 bits per heavy atom. The molecule has 23 heavy (non-hydrogen) atoms. The van der Waals surface area contributed by atoms with Crippen LogP contribution in [0.1, 0.15) is 31.0 Å². The van der Waals surface area contributed by atoms with Crippen molar-refractivity contribution in [1.82, 2.24) is 10.3 Å². The van der Waals surface area contributed by atoms with E-state index in [-0.39, 0.29) is 6.10 Å². The van der Waals surface area contributed by atoms with Gasteiger partial charge in [0.2, 0.25) is 5.91 Å². The number of carbonyl (C=O) groups excluding carboxylic acids is 2. The van der Waals surface area contributed by atoms with Crippen molar-refractivity contribution in [2.75, 3.05) is 13.2 Å². The maximum absolute atomic E-state index is 12.0. The zero-order chi connectivity index (χ0) is 17.2. The number of carbonyl (C=O) groups is 2. The van der Waals surface area contributed by atoms with Crippen LogP contribution in [0.5, 0.6) is 0 Å². The van der Waals surface area contributed by atoms with Crippen molar-refractivity contribution in [2.45, 2.75) is 33.3 Å². The molecule has 0 aliphatic heterocycles. The van der Waals surface area contributed by atoms with Gasteiger partial charge in [-0.1, -0.05) is 0 Å². The second kappa shape index (κ2) is 9.87. The maximum Gasteiger partial charge on any atom is 0.245 e. The topological polar surface area (TPSA) is 92.1 Å². The van der Waals surface area contributed by atoms with Gasteiger partial charge in [0.15, 0.2) is 11.7 Å². The molecule has 1 aromatic rings. The van der Waals surface area contributed by atoms with Crippen LogP contribution in [-0.2, 0) is 14.3 Å². The zero-order valence-electron chi connectivity index (χ0n) is 13.5. The molecule has 0 radical (unpaired) electrons. The summed E-state index contributed by atoms with van der Waals surface area (Å²) in [4.78, 5) is 28.0. The molecule has 1 amide bonds. The van der Waals surface area contributed by atoms with Crippen molar-refractivity contribution >= 4 is 29.1 Å². The zero-order valence-corrected chi connectivity index (χ0v) is 14.4. The number of nitrogens with one attached hydrogen (secondary N) is 1. The minimum Gasteiger partial charge on any atom is -0.379 e. The summed E-state index contributed by atoms with van der Waals surface area (Å²) in [5.74, 6) is -2.47. The summed E-state index contributed by atoms with van der Waals surface area (Å²) < 4.78 is 5.35. The number of hydrogen-bond donors (Lipinski definition) is 1. The molecule has 0 fully saturated rings. The van der Waals surface area contributed by atoms with Crippen molar-refractivity contribution in [3.63, 3.8) is 0 Å². The van der Waals surface area contributed by atoms with Gasteiger partial charge in [0.1, 0.15) is 0 Å². The molecule has 0 bridgehead atoms. The van der Waals surface area contributed by atoms with Crippen LogP contribution in [0.4, 0.5) is 0 Å². The van der Waals surface area contributed by atoms with E-state index in [2.05, 4.69) is 10.3 Å². The van der Waals surface area contributed by atoms with Crippen molar-refractivity contribution in [1.29, 1.82) is 5.26 Å². The smallest absolute Gasteiger partial charge is 0.245 e. The molecule has 124 valence electrons. The largest absolute Gasteiger partial charge is 0.379 e. The molecule has 6 nitrogen and oxygen atoms in total. The summed E-state index contributed by atoms with van der Waals surface area (Å²) in [6.45, 7) is 6.61. The van der Waals surface area contributed by atoms with Crippen molar-refractivity contribution in [3.05, 3.63) is 22.2 Å². The molecule has 0 aliphatic carbocycles. The second-order valence-corrected chi connectivity index (χ2v) is 6.22. The van der Waals surface area contributed by atoms with Crippen molar-refractivity contribution < 1.29 is 14.3 Å². The molecule has 0 spiro atoms. The Morgan fingerprint density at radius 1 is 1.52 bits per heavy atom. The number of thiazole rings is 1. The molecule has 1 rings (SSSR count). The van der Waals surface area contributed by atoms with Crippen LogP contribution in [0, 0.1) is 24.2 Å². The van der Waals surface area contributed by atoms with Gasteiger partial charge in [-0.2, -0.15) is 5.26 Å².